The number of hydrogen-bond acceptors (Lipinski definition) is 6. The van der Waals surface area contributed by atoms with Gasteiger partial charge in [-0.3, -0.25) is 0 Å². The summed E-state index contributed by atoms with van der Waals surface area (Å²) in [4.78, 5) is 24.1. The maximum Gasteiger partial charge on any atom is 0.335 e. The number of thioether (sulfide) groups is 1. The number of aliphatic hydroxyl groups is 1. The van der Waals surface area contributed by atoms with Gasteiger partial charge in [0.15, 0.2) is 6.29 Å². The van der Waals surface area contributed by atoms with Crippen molar-refractivity contribution in [3.8, 4) is 11.1 Å². The lowest BCUT2D eigenvalue weighted by molar-refractivity contribution is -0.245. The highest BCUT2D eigenvalue weighted by atomic mass is 32.2. The molecule has 5 rings (SSSR count). The molecular weight excluding hydrogens is 576 g/mol. The topological polar surface area (TPSA) is 117 Å². The Labute approximate surface area is 261 Å². The second kappa shape index (κ2) is 15.0. The van der Waals surface area contributed by atoms with E-state index in [4.69, 9.17) is 9.47 Å². The number of benzene rings is 4. The summed E-state index contributed by atoms with van der Waals surface area (Å²) in [6, 6.07) is 30.6. The van der Waals surface area contributed by atoms with Gasteiger partial charge in [-0.25, -0.2) is 9.59 Å². The maximum absolute atomic E-state index is 11.9. The molecule has 0 bridgehead atoms. The zero-order chi connectivity index (χ0) is 30.9. The largest absolute Gasteiger partial charge is 0.478 e. The normalized spacial score (nSPS) is 18.0. The maximum atomic E-state index is 11.9. The molecule has 4 aromatic rings. The molecule has 1 saturated heterocycles. The molecule has 0 saturated carbocycles. The van der Waals surface area contributed by atoms with Crippen molar-refractivity contribution in [3.05, 3.63) is 125 Å². The molecule has 1 fully saturated rings. The molecule has 44 heavy (non-hydrogen) atoms. The molecule has 9 heteroatoms. The van der Waals surface area contributed by atoms with E-state index in [1.54, 1.807) is 23.9 Å². The zero-order valence-electron chi connectivity index (χ0n) is 24.4. The van der Waals surface area contributed by atoms with E-state index >= 15 is 0 Å². The smallest absolute Gasteiger partial charge is 0.335 e. The van der Waals surface area contributed by atoms with Crippen LogP contribution in [-0.4, -0.2) is 40.6 Å². The summed E-state index contributed by atoms with van der Waals surface area (Å²) in [7, 11) is 0. The summed E-state index contributed by atoms with van der Waals surface area (Å²) in [5.41, 5.74) is 6.02. The second-order valence-electron chi connectivity index (χ2n) is 10.5. The number of ether oxygens (including phenoxy) is 2. The summed E-state index contributed by atoms with van der Waals surface area (Å²) >= 11 is 1.62. The molecule has 8 nitrogen and oxygen atoms in total. The van der Waals surface area contributed by atoms with E-state index in [0.717, 1.165) is 38.3 Å². The fourth-order valence-electron chi connectivity index (χ4n) is 5.04. The lowest BCUT2D eigenvalue weighted by atomic mass is 9.99. The van der Waals surface area contributed by atoms with Crippen LogP contribution in [0.15, 0.2) is 102 Å². The number of carbonyl (C=O) groups is 2. The van der Waals surface area contributed by atoms with Gasteiger partial charge >= 0.3 is 12.0 Å². The van der Waals surface area contributed by atoms with Crippen LogP contribution in [0.5, 0.6) is 0 Å². The average molecular weight is 613 g/mol. The predicted molar refractivity (Wildman–Crippen MR) is 170 cm³/mol. The molecule has 1 aliphatic rings. The van der Waals surface area contributed by atoms with Crippen molar-refractivity contribution in [2.24, 2.45) is 0 Å². The number of hydrogen-bond donors (Lipinski definition) is 4. The minimum atomic E-state index is -0.947. The van der Waals surface area contributed by atoms with Gasteiger partial charge in [0.05, 0.1) is 24.4 Å². The van der Waals surface area contributed by atoms with Crippen molar-refractivity contribution in [1.29, 1.82) is 0 Å². The standard InChI is InChI=1S/C35H36N2O6S/c1-2-36-35(41)37-20-24-5-3-6-27(17-24)28-7-4-8-29(18-28)34-42-30(22-44-31-15-13-26(14-16-31)33(39)40)19-32(43-34)25-11-9-23(21-38)10-12-25/h3-18,30,32,34,38H,2,19-22H2,1H3,(H,39,40)(H2,36,37,41)/t30-,32+,34+/m1/s1. The van der Waals surface area contributed by atoms with Crippen molar-refractivity contribution in [2.75, 3.05) is 12.3 Å². The highest BCUT2D eigenvalue weighted by Gasteiger charge is 2.32. The van der Waals surface area contributed by atoms with Gasteiger partial charge in [0.25, 0.3) is 0 Å². The van der Waals surface area contributed by atoms with E-state index < -0.39 is 12.3 Å². The minimum absolute atomic E-state index is 0.0204. The third kappa shape index (κ3) is 8.27. The number of aromatic carboxylic acids is 1. The van der Waals surface area contributed by atoms with Gasteiger partial charge in [-0.2, -0.15) is 0 Å². The Bertz CT molecular complexity index is 1560. The molecule has 4 aromatic carbocycles. The van der Waals surface area contributed by atoms with Crippen LogP contribution < -0.4 is 10.6 Å². The Balaban J connectivity index is 1.35. The number of carboxylic acid groups (broad SMARTS) is 1. The summed E-state index contributed by atoms with van der Waals surface area (Å²) < 4.78 is 13.1. The number of amides is 2. The molecule has 2 amide bonds. The Hall–Kier alpha value is -4.15. The first-order chi connectivity index (χ1) is 21.4. The highest BCUT2D eigenvalue weighted by Crippen LogP contribution is 2.40. The van der Waals surface area contributed by atoms with Crippen LogP contribution in [0.2, 0.25) is 0 Å². The number of nitrogens with one attached hydrogen (secondary N) is 2. The number of rotatable bonds is 11. The molecule has 0 spiro atoms. The number of aliphatic hydroxyl groups excluding tert-OH is 1. The molecule has 228 valence electrons. The van der Waals surface area contributed by atoms with Crippen molar-refractivity contribution in [1.82, 2.24) is 10.6 Å². The van der Waals surface area contributed by atoms with Gasteiger partial charge in [0.1, 0.15) is 0 Å². The lowest BCUT2D eigenvalue weighted by Crippen LogP contribution is -2.34. The Morgan fingerprint density at radius 2 is 1.57 bits per heavy atom. The lowest BCUT2D eigenvalue weighted by Gasteiger charge is -2.36. The van der Waals surface area contributed by atoms with Crippen LogP contribution in [0.25, 0.3) is 11.1 Å². The first-order valence-electron chi connectivity index (χ1n) is 14.6. The molecule has 3 atom stereocenters. The summed E-state index contributed by atoms with van der Waals surface area (Å²) in [6.07, 6.45) is -0.300. The van der Waals surface area contributed by atoms with Gasteiger partial charge < -0.3 is 30.3 Å². The van der Waals surface area contributed by atoms with E-state index in [0.29, 0.717) is 25.3 Å². The molecule has 1 heterocycles. The first-order valence-corrected chi connectivity index (χ1v) is 15.6. The van der Waals surface area contributed by atoms with Gasteiger partial charge in [-0.15, -0.1) is 11.8 Å². The fourth-order valence-corrected chi connectivity index (χ4v) is 5.96. The first kappa shape index (κ1) is 31.3. The van der Waals surface area contributed by atoms with E-state index in [2.05, 4.69) is 22.8 Å². The van der Waals surface area contributed by atoms with E-state index in [-0.39, 0.29) is 30.4 Å². The second-order valence-corrected chi connectivity index (χ2v) is 11.6. The van der Waals surface area contributed by atoms with Gasteiger partial charge in [0, 0.05) is 35.7 Å². The molecule has 1 aliphatic heterocycles. The van der Waals surface area contributed by atoms with Crippen LogP contribution in [0, 0.1) is 0 Å². The Morgan fingerprint density at radius 3 is 2.27 bits per heavy atom. The SMILES string of the molecule is CCNC(=O)NCc1cccc(-c2cccc([C@H]3O[C@@H](CSc4ccc(C(=O)O)cc4)C[C@@H](c4ccc(CO)cc4)O3)c2)c1. The van der Waals surface area contributed by atoms with Crippen LogP contribution in [0.1, 0.15) is 58.4 Å². The van der Waals surface area contributed by atoms with Crippen LogP contribution in [-0.2, 0) is 22.6 Å². The summed E-state index contributed by atoms with van der Waals surface area (Å²) in [6.45, 7) is 2.85. The van der Waals surface area contributed by atoms with Gasteiger partial charge in [0.2, 0.25) is 0 Å². The monoisotopic (exact) mass is 612 g/mol. The van der Waals surface area contributed by atoms with Gasteiger partial charge in [-0.1, -0.05) is 60.7 Å². The third-order valence-electron chi connectivity index (χ3n) is 7.36. The Morgan fingerprint density at radius 1 is 0.841 bits per heavy atom. The number of carbonyl (C=O) groups excluding carboxylic acids is 1. The van der Waals surface area contributed by atoms with Crippen molar-refractivity contribution in [2.45, 2.75) is 49.9 Å². The predicted octanol–water partition coefficient (Wildman–Crippen LogP) is 6.70. The zero-order valence-corrected chi connectivity index (χ0v) is 25.3. The molecule has 0 aliphatic carbocycles. The van der Waals surface area contributed by atoms with Crippen LogP contribution >= 0.6 is 11.8 Å². The summed E-state index contributed by atoms with van der Waals surface area (Å²) in [5.74, 6) is -0.282. The van der Waals surface area contributed by atoms with Crippen molar-refractivity contribution >= 4 is 23.8 Å². The average Bonchev–Trinajstić information content (AvgIpc) is 3.07. The van der Waals surface area contributed by atoms with E-state index in [9.17, 15) is 19.8 Å². The van der Waals surface area contributed by atoms with Crippen molar-refractivity contribution < 1.29 is 29.3 Å². The fraction of sp³-hybridized carbons (Fsp3) is 0.257. The Kier molecular flexibility index (Phi) is 10.7. The molecule has 0 aromatic heterocycles. The third-order valence-corrected chi connectivity index (χ3v) is 8.51. The number of carboxylic acids is 1. The van der Waals surface area contributed by atoms with E-state index in [1.807, 2.05) is 79.7 Å². The van der Waals surface area contributed by atoms with Crippen LogP contribution in [0.3, 0.4) is 0 Å². The highest BCUT2D eigenvalue weighted by molar-refractivity contribution is 7.99. The quantitative estimate of drug-likeness (QED) is 0.139. The minimum Gasteiger partial charge on any atom is -0.478 e. The molecule has 0 unspecified atom stereocenters. The van der Waals surface area contributed by atoms with Gasteiger partial charge in [-0.05, 0) is 71.1 Å². The number of urea groups is 1. The van der Waals surface area contributed by atoms with Crippen molar-refractivity contribution in [3.63, 3.8) is 0 Å². The summed E-state index contributed by atoms with van der Waals surface area (Å²) in [5, 5.41) is 24.3. The molecular formula is C35H36N2O6S. The molecule has 0 radical (unpaired) electrons. The van der Waals surface area contributed by atoms with E-state index in [1.165, 1.54) is 0 Å². The molecule has 4 N–H and O–H groups in total. The van der Waals surface area contributed by atoms with Crippen LogP contribution in [0.4, 0.5) is 4.79 Å².